The van der Waals surface area contributed by atoms with Crippen molar-refractivity contribution in [1.82, 2.24) is 4.98 Å². The molecule has 1 atom stereocenters. The fraction of sp³-hybridized carbons (Fsp3) is 0.200. The van der Waals surface area contributed by atoms with Crippen molar-refractivity contribution in [2.45, 2.75) is 18.7 Å². The Morgan fingerprint density at radius 3 is 2.56 bits per heavy atom. The zero-order chi connectivity index (χ0) is 13.0. The number of alkyl halides is 1. The molecule has 92 valence electrons. The summed E-state index contributed by atoms with van der Waals surface area (Å²) in [6.07, 6.45) is 0.269. The van der Waals surface area contributed by atoms with Crippen LogP contribution < -0.4 is 0 Å². The van der Waals surface area contributed by atoms with Gasteiger partial charge in [0.1, 0.15) is 5.38 Å². The number of rotatable bonds is 4. The molecule has 0 aliphatic rings. The summed E-state index contributed by atoms with van der Waals surface area (Å²) in [5.74, 6) is -0.0269. The van der Waals surface area contributed by atoms with E-state index in [9.17, 15) is 4.79 Å². The molecule has 0 amide bonds. The summed E-state index contributed by atoms with van der Waals surface area (Å²) in [5.41, 5.74) is 2.50. The molecule has 1 heterocycles. The summed E-state index contributed by atoms with van der Waals surface area (Å²) < 4.78 is 0. The summed E-state index contributed by atoms with van der Waals surface area (Å²) in [5, 5.41) is -0.603. The van der Waals surface area contributed by atoms with Crippen molar-refractivity contribution in [3.05, 3.63) is 65.5 Å². The molecule has 0 saturated carbocycles. The van der Waals surface area contributed by atoms with Gasteiger partial charge in [0.25, 0.3) is 0 Å². The summed E-state index contributed by atoms with van der Waals surface area (Å²) >= 11 is 6.17. The van der Waals surface area contributed by atoms with Crippen LogP contribution in [-0.2, 0) is 11.2 Å². The van der Waals surface area contributed by atoms with Crippen molar-refractivity contribution in [3.8, 4) is 0 Å². The van der Waals surface area contributed by atoms with E-state index < -0.39 is 5.38 Å². The standard InChI is InChI=1S/C15H14ClNO/c1-11-6-5-9-13(17-11)10-14(18)15(16)12-7-3-2-4-8-12/h2-9,15H,10H2,1H3. The Morgan fingerprint density at radius 2 is 1.89 bits per heavy atom. The molecule has 0 fully saturated rings. The van der Waals surface area contributed by atoms with Crippen molar-refractivity contribution in [2.75, 3.05) is 0 Å². The number of aryl methyl sites for hydroxylation is 1. The van der Waals surface area contributed by atoms with Crippen LogP contribution in [0.1, 0.15) is 22.3 Å². The van der Waals surface area contributed by atoms with Gasteiger partial charge in [-0.1, -0.05) is 36.4 Å². The highest BCUT2D eigenvalue weighted by atomic mass is 35.5. The quantitative estimate of drug-likeness (QED) is 0.787. The van der Waals surface area contributed by atoms with E-state index in [1.165, 1.54) is 0 Å². The average Bonchev–Trinajstić information content (AvgIpc) is 2.39. The zero-order valence-electron chi connectivity index (χ0n) is 10.1. The minimum atomic E-state index is -0.603. The van der Waals surface area contributed by atoms with Gasteiger partial charge in [0, 0.05) is 11.4 Å². The average molecular weight is 260 g/mol. The van der Waals surface area contributed by atoms with Gasteiger partial charge < -0.3 is 0 Å². The number of benzene rings is 1. The number of hydrogen-bond acceptors (Lipinski definition) is 2. The second-order valence-electron chi connectivity index (χ2n) is 4.19. The molecule has 3 heteroatoms. The molecule has 0 radical (unpaired) electrons. The molecule has 0 bridgehead atoms. The maximum atomic E-state index is 12.1. The Labute approximate surface area is 112 Å². The Balaban J connectivity index is 2.09. The fourth-order valence-electron chi connectivity index (χ4n) is 1.77. The summed E-state index contributed by atoms with van der Waals surface area (Å²) in [6.45, 7) is 1.91. The first-order valence-corrected chi connectivity index (χ1v) is 6.25. The highest BCUT2D eigenvalue weighted by Gasteiger charge is 2.17. The summed E-state index contributed by atoms with van der Waals surface area (Å²) in [7, 11) is 0. The number of pyridine rings is 1. The number of aromatic nitrogens is 1. The van der Waals surface area contributed by atoms with Gasteiger partial charge in [-0.05, 0) is 24.6 Å². The van der Waals surface area contributed by atoms with Gasteiger partial charge in [-0.2, -0.15) is 0 Å². The molecule has 0 aliphatic heterocycles. The van der Waals surface area contributed by atoms with Crippen LogP contribution in [0, 0.1) is 6.92 Å². The van der Waals surface area contributed by atoms with Crippen LogP contribution in [0.3, 0.4) is 0 Å². The molecule has 0 spiro atoms. The van der Waals surface area contributed by atoms with Crippen LogP contribution in [-0.4, -0.2) is 10.8 Å². The number of carbonyl (C=O) groups is 1. The van der Waals surface area contributed by atoms with Crippen LogP contribution in [0.25, 0.3) is 0 Å². The predicted octanol–water partition coefficient (Wildman–Crippen LogP) is 3.48. The lowest BCUT2D eigenvalue weighted by atomic mass is 10.0. The Hall–Kier alpha value is -1.67. The van der Waals surface area contributed by atoms with Crippen LogP contribution in [0.15, 0.2) is 48.5 Å². The van der Waals surface area contributed by atoms with E-state index in [1.54, 1.807) is 0 Å². The van der Waals surface area contributed by atoms with E-state index >= 15 is 0 Å². The molecule has 2 nitrogen and oxygen atoms in total. The highest BCUT2D eigenvalue weighted by Crippen LogP contribution is 2.22. The van der Waals surface area contributed by atoms with Crippen LogP contribution in [0.2, 0.25) is 0 Å². The van der Waals surface area contributed by atoms with Gasteiger partial charge in [-0.25, -0.2) is 0 Å². The number of hydrogen-bond donors (Lipinski definition) is 0. The number of ketones is 1. The maximum Gasteiger partial charge on any atom is 0.161 e. The first-order valence-electron chi connectivity index (χ1n) is 5.81. The molecule has 1 unspecified atom stereocenters. The fourth-order valence-corrected chi connectivity index (χ4v) is 2.00. The Bertz CT molecular complexity index is 539. The van der Waals surface area contributed by atoms with Gasteiger partial charge in [0.05, 0.1) is 6.42 Å². The first kappa shape index (κ1) is 12.8. The molecule has 0 N–H and O–H groups in total. The third kappa shape index (κ3) is 3.17. The second-order valence-corrected chi connectivity index (χ2v) is 4.62. The van der Waals surface area contributed by atoms with Crippen LogP contribution in [0.4, 0.5) is 0 Å². The smallest absolute Gasteiger partial charge is 0.161 e. The minimum absolute atomic E-state index is 0.0269. The van der Waals surface area contributed by atoms with Crippen LogP contribution >= 0.6 is 11.6 Å². The van der Waals surface area contributed by atoms with E-state index in [1.807, 2.05) is 55.5 Å². The lowest BCUT2D eigenvalue weighted by molar-refractivity contribution is -0.118. The lowest BCUT2D eigenvalue weighted by Crippen LogP contribution is -2.11. The number of halogens is 1. The summed E-state index contributed by atoms with van der Waals surface area (Å²) in [6, 6.07) is 15.0. The van der Waals surface area contributed by atoms with E-state index in [0.29, 0.717) is 0 Å². The number of carbonyl (C=O) groups excluding carboxylic acids is 1. The molecule has 0 saturated heterocycles. The van der Waals surface area contributed by atoms with Gasteiger partial charge in [-0.15, -0.1) is 11.6 Å². The second kappa shape index (κ2) is 5.78. The first-order chi connectivity index (χ1) is 8.66. The SMILES string of the molecule is Cc1cccc(CC(=O)C(Cl)c2ccccc2)n1. The Kier molecular flexibility index (Phi) is 4.11. The van der Waals surface area contributed by atoms with Gasteiger partial charge >= 0.3 is 0 Å². The third-order valence-electron chi connectivity index (χ3n) is 2.68. The van der Waals surface area contributed by atoms with Gasteiger partial charge in [0.15, 0.2) is 5.78 Å². The molecular weight excluding hydrogens is 246 g/mol. The van der Waals surface area contributed by atoms with E-state index in [0.717, 1.165) is 17.0 Å². The van der Waals surface area contributed by atoms with Gasteiger partial charge in [0.2, 0.25) is 0 Å². The van der Waals surface area contributed by atoms with E-state index in [4.69, 9.17) is 11.6 Å². The highest BCUT2D eigenvalue weighted by molar-refractivity contribution is 6.31. The van der Waals surface area contributed by atoms with Crippen molar-refractivity contribution in [1.29, 1.82) is 0 Å². The number of Topliss-reactive ketones (excluding diaryl/α,β-unsaturated/α-hetero) is 1. The normalized spacial score (nSPS) is 12.1. The molecule has 2 aromatic rings. The predicted molar refractivity (Wildman–Crippen MR) is 72.7 cm³/mol. The molecule has 1 aromatic carbocycles. The van der Waals surface area contributed by atoms with Gasteiger partial charge in [-0.3, -0.25) is 9.78 Å². The van der Waals surface area contributed by atoms with Crippen molar-refractivity contribution in [2.24, 2.45) is 0 Å². The van der Waals surface area contributed by atoms with E-state index in [-0.39, 0.29) is 12.2 Å². The monoisotopic (exact) mass is 259 g/mol. The third-order valence-corrected chi connectivity index (χ3v) is 3.17. The van der Waals surface area contributed by atoms with Crippen LogP contribution in [0.5, 0.6) is 0 Å². The largest absolute Gasteiger partial charge is 0.297 e. The lowest BCUT2D eigenvalue weighted by Gasteiger charge is -2.08. The van der Waals surface area contributed by atoms with Crippen molar-refractivity contribution >= 4 is 17.4 Å². The topological polar surface area (TPSA) is 30.0 Å². The maximum absolute atomic E-state index is 12.1. The molecular formula is C15H14ClNO. The van der Waals surface area contributed by atoms with E-state index in [2.05, 4.69) is 4.98 Å². The number of nitrogens with zero attached hydrogens (tertiary/aromatic N) is 1. The molecule has 2 rings (SSSR count). The molecule has 1 aromatic heterocycles. The summed E-state index contributed by atoms with van der Waals surface area (Å²) in [4.78, 5) is 16.4. The zero-order valence-corrected chi connectivity index (χ0v) is 10.9. The molecule has 18 heavy (non-hydrogen) atoms. The minimum Gasteiger partial charge on any atom is -0.297 e. The van der Waals surface area contributed by atoms with Crippen molar-refractivity contribution in [3.63, 3.8) is 0 Å². The van der Waals surface area contributed by atoms with Crippen molar-refractivity contribution < 1.29 is 4.79 Å². The molecule has 0 aliphatic carbocycles. The Morgan fingerprint density at radius 1 is 1.17 bits per heavy atom.